The number of rotatable bonds is 7. The van der Waals surface area contributed by atoms with Crippen LogP contribution in [0.1, 0.15) is 35.7 Å². The molecule has 1 aromatic heterocycles. The number of likely N-dealkylation sites (tertiary alicyclic amines) is 1. The van der Waals surface area contributed by atoms with Crippen LogP contribution in [-0.2, 0) is 13.0 Å². The van der Waals surface area contributed by atoms with Crippen molar-refractivity contribution >= 4 is 29.0 Å². The first-order valence-corrected chi connectivity index (χ1v) is 11.3. The second kappa shape index (κ2) is 9.58. The summed E-state index contributed by atoms with van der Waals surface area (Å²) in [6.07, 6.45) is 3.01. The summed E-state index contributed by atoms with van der Waals surface area (Å²) in [5.41, 5.74) is 2.14. The fourth-order valence-electron chi connectivity index (χ4n) is 4.34. The molecule has 1 unspecified atom stereocenters. The van der Waals surface area contributed by atoms with Crippen LogP contribution in [0.2, 0.25) is 0 Å². The number of aromatic nitrogens is 2. The van der Waals surface area contributed by atoms with Crippen LogP contribution in [0.15, 0.2) is 53.3 Å². The molecule has 6 nitrogen and oxygen atoms in total. The quantitative estimate of drug-likeness (QED) is 0.556. The van der Waals surface area contributed by atoms with Gasteiger partial charge in [-0.15, -0.1) is 0 Å². The van der Waals surface area contributed by atoms with Crippen molar-refractivity contribution in [2.24, 2.45) is 0 Å². The zero-order chi connectivity index (χ0) is 21.8. The van der Waals surface area contributed by atoms with Gasteiger partial charge in [0.05, 0.1) is 10.9 Å². The zero-order valence-corrected chi connectivity index (χ0v) is 18.6. The number of amides is 1. The van der Waals surface area contributed by atoms with Crippen LogP contribution in [0.4, 0.5) is 0 Å². The Hall–Kier alpha value is -2.77. The number of aryl methyl sites for hydroxylation is 1. The maximum atomic E-state index is 13.0. The van der Waals surface area contributed by atoms with E-state index in [0.717, 1.165) is 31.5 Å². The number of aromatic amines is 1. The van der Waals surface area contributed by atoms with Gasteiger partial charge in [0.2, 0.25) is 0 Å². The Bertz CT molecular complexity index is 1190. The second-order valence-electron chi connectivity index (χ2n) is 8.02. The minimum Gasteiger partial charge on any atom is -0.350 e. The molecule has 1 aliphatic rings. The maximum Gasteiger partial charge on any atom is 0.262 e. The summed E-state index contributed by atoms with van der Waals surface area (Å²) in [7, 11) is 0. The predicted octanol–water partition coefficient (Wildman–Crippen LogP) is 3.52. The van der Waals surface area contributed by atoms with Crippen molar-refractivity contribution < 1.29 is 4.79 Å². The molecule has 2 aromatic carbocycles. The number of nitrogens with one attached hydrogen (secondary N) is 2. The molecule has 0 radical (unpaired) electrons. The van der Waals surface area contributed by atoms with Crippen LogP contribution < -0.4 is 10.9 Å². The molecule has 0 aliphatic carbocycles. The van der Waals surface area contributed by atoms with Gasteiger partial charge in [0.15, 0.2) is 4.77 Å². The van der Waals surface area contributed by atoms with Crippen LogP contribution in [0.3, 0.4) is 0 Å². The number of H-pyrrole nitrogens is 1. The van der Waals surface area contributed by atoms with E-state index in [9.17, 15) is 9.59 Å². The lowest BCUT2D eigenvalue weighted by Gasteiger charge is -2.22. The molecule has 1 fully saturated rings. The van der Waals surface area contributed by atoms with Crippen LogP contribution >= 0.6 is 12.2 Å². The highest BCUT2D eigenvalue weighted by Gasteiger charge is 2.23. The normalized spacial score (nSPS) is 16.6. The van der Waals surface area contributed by atoms with Gasteiger partial charge in [0.1, 0.15) is 0 Å². The van der Waals surface area contributed by atoms with E-state index in [-0.39, 0.29) is 11.5 Å². The molecule has 0 spiro atoms. The monoisotopic (exact) mass is 436 g/mol. The number of likely N-dealkylation sites (N-methyl/N-ethyl adjacent to an activating group) is 1. The van der Waals surface area contributed by atoms with Gasteiger partial charge in [0.25, 0.3) is 11.5 Å². The maximum absolute atomic E-state index is 13.0. The third kappa shape index (κ3) is 4.78. The van der Waals surface area contributed by atoms with Crippen molar-refractivity contribution in [1.29, 1.82) is 0 Å². The third-order valence-corrected chi connectivity index (χ3v) is 6.44. The van der Waals surface area contributed by atoms with Crippen molar-refractivity contribution in [1.82, 2.24) is 19.8 Å². The average Bonchev–Trinajstić information content (AvgIpc) is 3.25. The van der Waals surface area contributed by atoms with Crippen molar-refractivity contribution in [3.05, 3.63) is 74.8 Å². The molecule has 0 bridgehead atoms. The number of hydrogen-bond acceptors (Lipinski definition) is 4. The minimum atomic E-state index is -0.133. The van der Waals surface area contributed by atoms with E-state index < -0.39 is 0 Å². The molecule has 162 valence electrons. The summed E-state index contributed by atoms with van der Waals surface area (Å²) in [5, 5.41) is 3.58. The first kappa shape index (κ1) is 21.5. The molecule has 1 saturated heterocycles. The summed E-state index contributed by atoms with van der Waals surface area (Å²) in [5.74, 6) is -0.127. The van der Waals surface area contributed by atoms with E-state index in [0.29, 0.717) is 40.4 Å². The summed E-state index contributed by atoms with van der Waals surface area (Å²) >= 11 is 5.44. The van der Waals surface area contributed by atoms with Gasteiger partial charge in [-0.3, -0.25) is 19.1 Å². The number of hydrogen-bond donors (Lipinski definition) is 2. The smallest absolute Gasteiger partial charge is 0.262 e. The summed E-state index contributed by atoms with van der Waals surface area (Å²) < 4.78 is 1.96. The zero-order valence-electron chi connectivity index (χ0n) is 17.8. The first-order chi connectivity index (χ1) is 15.1. The topological polar surface area (TPSA) is 70.1 Å². The van der Waals surface area contributed by atoms with Crippen molar-refractivity contribution in [3.8, 4) is 0 Å². The Morgan fingerprint density at radius 3 is 2.81 bits per heavy atom. The second-order valence-corrected chi connectivity index (χ2v) is 8.40. The SMILES string of the molecule is CCN1CCCC1CNC(=O)c1ccc2c(=O)n(CCc3ccccc3)c(=S)[nH]c2c1. The molecule has 1 atom stereocenters. The molecule has 1 aliphatic heterocycles. The molecule has 7 heteroatoms. The molecule has 31 heavy (non-hydrogen) atoms. The van der Waals surface area contributed by atoms with E-state index in [1.165, 1.54) is 6.42 Å². The summed E-state index contributed by atoms with van der Waals surface area (Å²) in [6.45, 7) is 5.40. The number of benzene rings is 2. The Morgan fingerprint density at radius 1 is 1.23 bits per heavy atom. The molecule has 0 saturated carbocycles. The lowest BCUT2D eigenvalue weighted by atomic mass is 10.1. The highest BCUT2D eigenvalue weighted by Crippen LogP contribution is 2.16. The standard InChI is InChI=1S/C24H28N4O2S/c1-2-27-13-6-9-19(27)16-25-22(29)18-10-11-20-21(15-18)26-24(31)28(23(20)30)14-12-17-7-4-3-5-8-17/h3-5,7-8,10-11,15,19H,2,6,9,12-14,16H2,1H3,(H,25,29)(H,26,31). The lowest BCUT2D eigenvalue weighted by Crippen LogP contribution is -2.40. The van der Waals surface area contributed by atoms with E-state index in [2.05, 4.69) is 22.1 Å². The molecular formula is C24H28N4O2S. The van der Waals surface area contributed by atoms with Crippen LogP contribution in [-0.4, -0.2) is 46.0 Å². The van der Waals surface area contributed by atoms with Gasteiger partial charge in [-0.2, -0.15) is 0 Å². The van der Waals surface area contributed by atoms with Gasteiger partial charge in [-0.25, -0.2) is 0 Å². The highest BCUT2D eigenvalue weighted by atomic mass is 32.1. The lowest BCUT2D eigenvalue weighted by molar-refractivity contribution is 0.0941. The van der Waals surface area contributed by atoms with Gasteiger partial charge in [0, 0.05) is 24.7 Å². The van der Waals surface area contributed by atoms with Crippen LogP contribution in [0, 0.1) is 4.77 Å². The first-order valence-electron chi connectivity index (χ1n) is 10.9. The number of carbonyl (C=O) groups is 1. The minimum absolute atomic E-state index is 0.127. The van der Waals surface area contributed by atoms with Crippen molar-refractivity contribution in [2.75, 3.05) is 19.6 Å². The van der Waals surface area contributed by atoms with Crippen molar-refractivity contribution in [3.63, 3.8) is 0 Å². The fourth-order valence-corrected chi connectivity index (χ4v) is 4.62. The Morgan fingerprint density at radius 2 is 2.03 bits per heavy atom. The van der Waals surface area contributed by atoms with Crippen molar-refractivity contribution in [2.45, 2.75) is 38.8 Å². The molecule has 1 amide bonds. The van der Waals surface area contributed by atoms with E-state index >= 15 is 0 Å². The molecule has 3 aromatic rings. The van der Waals surface area contributed by atoms with Crippen LogP contribution in [0.25, 0.3) is 10.9 Å². The summed E-state index contributed by atoms with van der Waals surface area (Å²) in [4.78, 5) is 31.2. The van der Waals surface area contributed by atoms with Gasteiger partial charge < -0.3 is 10.3 Å². The largest absolute Gasteiger partial charge is 0.350 e. The van der Waals surface area contributed by atoms with Gasteiger partial charge in [-0.1, -0.05) is 37.3 Å². The fraction of sp³-hybridized carbons (Fsp3) is 0.375. The number of fused-ring (bicyclic) bond motifs is 1. The van der Waals surface area contributed by atoms with E-state index in [4.69, 9.17) is 12.2 Å². The predicted molar refractivity (Wildman–Crippen MR) is 126 cm³/mol. The Kier molecular flexibility index (Phi) is 6.63. The Balaban J connectivity index is 1.51. The third-order valence-electron chi connectivity index (χ3n) is 6.11. The van der Waals surface area contributed by atoms with Gasteiger partial charge in [-0.05, 0) is 68.3 Å². The van der Waals surface area contributed by atoms with Gasteiger partial charge >= 0.3 is 0 Å². The van der Waals surface area contributed by atoms with E-state index in [1.54, 1.807) is 22.8 Å². The highest BCUT2D eigenvalue weighted by molar-refractivity contribution is 7.71. The molecular weight excluding hydrogens is 408 g/mol. The number of nitrogens with zero attached hydrogens (tertiary/aromatic N) is 2. The Labute approximate surface area is 186 Å². The average molecular weight is 437 g/mol. The van der Waals surface area contributed by atoms with Crippen LogP contribution in [0.5, 0.6) is 0 Å². The molecule has 2 heterocycles. The summed E-state index contributed by atoms with van der Waals surface area (Å²) in [6, 6.07) is 15.6. The number of carbonyl (C=O) groups excluding carboxylic acids is 1. The van der Waals surface area contributed by atoms with E-state index in [1.807, 2.05) is 30.3 Å². The molecule has 4 rings (SSSR count). The molecule has 2 N–H and O–H groups in total.